The second kappa shape index (κ2) is 14.0. The Labute approximate surface area is 161 Å². The van der Waals surface area contributed by atoms with Crippen LogP contribution in [0.1, 0.15) is 81.1 Å². The van der Waals surface area contributed by atoms with Crippen LogP contribution in [0.3, 0.4) is 0 Å². The molecule has 2 nitrogen and oxygen atoms in total. The van der Waals surface area contributed by atoms with Crippen LogP contribution in [0.2, 0.25) is 36.3 Å². The molecule has 0 heterocycles. The van der Waals surface area contributed by atoms with Gasteiger partial charge in [-0.2, -0.15) is 0 Å². The van der Waals surface area contributed by atoms with E-state index in [1.54, 1.807) is 6.92 Å². The fraction of sp³-hybridized carbons (Fsp3) is 0.905. The Morgan fingerprint density at radius 1 is 0.840 bits per heavy atom. The smallest absolute Gasteiger partial charge is 0.178 e. The van der Waals surface area contributed by atoms with Crippen LogP contribution in [0.25, 0.3) is 0 Å². The highest BCUT2D eigenvalue weighted by Gasteiger charge is 2.39. The van der Waals surface area contributed by atoms with Crippen LogP contribution in [0.4, 0.5) is 0 Å². The molecule has 0 saturated heterocycles. The summed E-state index contributed by atoms with van der Waals surface area (Å²) in [5, 5.41) is 9.50. The molecule has 0 aromatic carbocycles. The highest BCUT2D eigenvalue weighted by atomic mass is 28.4. The molecule has 0 bridgehead atoms. The van der Waals surface area contributed by atoms with Crippen molar-refractivity contribution in [2.24, 2.45) is 0 Å². The topological polar surface area (TPSA) is 29.5 Å². The molecule has 0 rings (SSSR count). The van der Waals surface area contributed by atoms with Gasteiger partial charge in [-0.1, -0.05) is 61.3 Å². The molecule has 0 aromatic heterocycles. The van der Waals surface area contributed by atoms with E-state index in [1.807, 2.05) is 0 Å². The van der Waals surface area contributed by atoms with Gasteiger partial charge >= 0.3 is 0 Å². The van der Waals surface area contributed by atoms with E-state index in [-0.39, 0.29) is 0 Å². The van der Waals surface area contributed by atoms with Crippen molar-refractivity contribution < 1.29 is 9.22 Å². The minimum atomic E-state index is -1.35. The van der Waals surface area contributed by atoms with Crippen LogP contribution in [0, 0.1) is 12.3 Å². The quantitative estimate of drug-likeness (QED) is 0.290. The van der Waals surface area contributed by atoms with E-state index in [2.05, 4.69) is 54.4 Å². The van der Waals surface area contributed by atoms with Crippen LogP contribution in [-0.2, 0) is 4.12 Å². The molecular formula is C21H46O2Si2. The van der Waals surface area contributed by atoms with Crippen molar-refractivity contribution in [2.45, 2.75) is 123 Å². The number of aliphatic hydroxyl groups is 1. The second-order valence-corrected chi connectivity index (χ2v) is 17.4. The lowest BCUT2D eigenvalue weighted by Crippen LogP contribution is -2.49. The number of terminal acetylenes is 1. The summed E-state index contributed by atoms with van der Waals surface area (Å²) in [5.41, 5.74) is -0.634. The van der Waals surface area contributed by atoms with Gasteiger partial charge in [0.25, 0.3) is 0 Å². The highest BCUT2D eigenvalue weighted by Crippen LogP contribution is 2.31. The minimum Gasteiger partial charge on any atom is -0.455 e. The van der Waals surface area contributed by atoms with Crippen molar-refractivity contribution in [3.8, 4) is 12.3 Å². The standard InChI is InChI=1S/C12H30OSi2.C9H16O/c1-7-14(8-2,9-3)13-15(10-4,11-5)12-6;1-4-6-8-9(3,10)7-5-2/h7-12H2,1-6H3;2,10H,4,6-8H2,1,3H3. The van der Waals surface area contributed by atoms with E-state index in [9.17, 15) is 5.11 Å². The van der Waals surface area contributed by atoms with Crippen LogP contribution in [-0.4, -0.2) is 27.3 Å². The fourth-order valence-electron chi connectivity index (χ4n) is 3.26. The SMILES string of the molecule is C#CCC(C)(O)CCCC.CC[Si](CC)(CC)O[Si](CC)(CC)CC. The van der Waals surface area contributed by atoms with Gasteiger partial charge in [0, 0.05) is 6.42 Å². The van der Waals surface area contributed by atoms with Gasteiger partial charge in [-0.3, -0.25) is 0 Å². The molecule has 0 spiro atoms. The van der Waals surface area contributed by atoms with E-state index in [0.29, 0.717) is 6.42 Å². The average molecular weight is 387 g/mol. The maximum Gasteiger partial charge on any atom is 0.178 e. The third kappa shape index (κ3) is 10.6. The van der Waals surface area contributed by atoms with Crippen LogP contribution in [0.5, 0.6) is 0 Å². The summed E-state index contributed by atoms with van der Waals surface area (Å²) in [6, 6.07) is 7.80. The van der Waals surface area contributed by atoms with Gasteiger partial charge in [0.2, 0.25) is 0 Å². The molecule has 1 atom stereocenters. The molecule has 1 N–H and O–H groups in total. The normalized spacial score (nSPS) is 14.2. The maximum absolute atomic E-state index is 9.50. The Bertz CT molecular complexity index is 319. The first-order chi connectivity index (χ1) is 11.7. The zero-order valence-corrected chi connectivity index (χ0v) is 20.5. The van der Waals surface area contributed by atoms with Gasteiger partial charge in [0.15, 0.2) is 16.6 Å². The monoisotopic (exact) mass is 386 g/mol. The summed E-state index contributed by atoms with van der Waals surface area (Å²) in [6.07, 6.45) is 8.52. The predicted octanol–water partition coefficient (Wildman–Crippen LogP) is 6.96. The summed E-state index contributed by atoms with van der Waals surface area (Å²) in [5.74, 6) is 2.47. The zero-order valence-electron chi connectivity index (χ0n) is 18.5. The van der Waals surface area contributed by atoms with Gasteiger partial charge in [-0.25, -0.2) is 0 Å². The van der Waals surface area contributed by atoms with Crippen molar-refractivity contribution in [3.05, 3.63) is 0 Å². The maximum atomic E-state index is 9.50. The molecule has 0 aliphatic heterocycles. The third-order valence-electron chi connectivity index (χ3n) is 5.85. The van der Waals surface area contributed by atoms with Gasteiger partial charge < -0.3 is 9.22 Å². The van der Waals surface area contributed by atoms with Crippen molar-refractivity contribution in [3.63, 3.8) is 0 Å². The molecule has 4 heteroatoms. The van der Waals surface area contributed by atoms with Crippen molar-refractivity contribution >= 4 is 16.6 Å². The van der Waals surface area contributed by atoms with Gasteiger partial charge in [-0.05, 0) is 49.6 Å². The van der Waals surface area contributed by atoms with E-state index in [0.717, 1.165) is 19.3 Å². The van der Waals surface area contributed by atoms with E-state index >= 15 is 0 Å². The Morgan fingerprint density at radius 2 is 1.20 bits per heavy atom. The van der Waals surface area contributed by atoms with Crippen LogP contribution < -0.4 is 0 Å². The van der Waals surface area contributed by atoms with Crippen molar-refractivity contribution in [1.29, 1.82) is 0 Å². The molecular weight excluding hydrogens is 340 g/mol. The van der Waals surface area contributed by atoms with Gasteiger partial charge in [0.05, 0.1) is 5.60 Å². The first-order valence-electron chi connectivity index (χ1n) is 10.6. The minimum absolute atomic E-state index is 0.465. The Hall–Kier alpha value is -0.0862. The molecule has 1 unspecified atom stereocenters. The molecule has 0 aromatic rings. The van der Waals surface area contributed by atoms with Crippen molar-refractivity contribution in [1.82, 2.24) is 0 Å². The summed E-state index contributed by atoms with van der Waals surface area (Å²) in [7, 11) is -2.71. The Morgan fingerprint density at radius 3 is 1.44 bits per heavy atom. The van der Waals surface area contributed by atoms with Crippen molar-refractivity contribution in [2.75, 3.05) is 0 Å². The number of unbranched alkanes of at least 4 members (excludes halogenated alkanes) is 1. The second-order valence-electron chi connectivity index (χ2n) is 7.57. The van der Waals surface area contributed by atoms with Gasteiger partial charge in [0.1, 0.15) is 0 Å². The zero-order chi connectivity index (χ0) is 20.0. The Balaban J connectivity index is 0. The number of rotatable bonds is 12. The fourth-order valence-corrected chi connectivity index (χ4v) is 13.4. The number of hydrogen-bond acceptors (Lipinski definition) is 2. The molecule has 0 amide bonds. The third-order valence-corrected chi connectivity index (χ3v) is 17.0. The molecule has 150 valence electrons. The van der Waals surface area contributed by atoms with E-state index in [1.165, 1.54) is 36.3 Å². The largest absolute Gasteiger partial charge is 0.455 e. The molecule has 0 aliphatic rings. The molecule has 0 saturated carbocycles. The first-order valence-corrected chi connectivity index (χ1v) is 15.6. The van der Waals surface area contributed by atoms with E-state index < -0.39 is 22.2 Å². The summed E-state index contributed by atoms with van der Waals surface area (Å²) >= 11 is 0. The van der Waals surface area contributed by atoms with Crippen LogP contribution in [0.15, 0.2) is 0 Å². The Kier molecular flexibility index (Phi) is 15.2. The highest BCUT2D eigenvalue weighted by molar-refractivity contribution is 6.87. The molecule has 0 fully saturated rings. The summed E-state index contributed by atoms with van der Waals surface area (Å²) < 4.78 is 6.80. The lowest BCUT2D eigenvalue weighted by Gasteiger charge is -2.40. The molecule has 0 radical (unpaired) electrons. The lowest BCUT2D eigenvalue weighted by atomic mass is 9.96. The van der Waals surface area contributed by atoms with E-state index in [4.69, 9.17) is 10.5 Å². The molecule has 25 heavy (non-hydrogen) atoms. The van der Waals surface area contributed by atoms with Crippen LogP contribution >= 0.6 is 0 Å². The van der Waals surface area contributed by atoms with Gasteiger partial charge in [-0.15, -0.1) is 12.3 Å². The number of hydrogen-bond donors (Lipinski definition) is 1. The molecule has 0 aliphatic carbocycles. The first kappa shape index (κ1) is 27.1. The summed E-state index contributed by atoms with van der Waals surface area (Å²) in [4.78, 5) is 0. The summed E-state index contributed by atoms with van der Waals surface area (Å²) in [6.45, 7) is 17.9. The lowest BCUT2D eigenvalue weighted by molar-refractivity contribution is 0.0539. The average Bonchev–Trinajstić information content (AvgIpc) is 2.63. The predicted molar refractivity (Wildman–Crippen MR) is 119 cm³/mol.